The minimum absolute atomic E-state index is 0.0379. The fraction of sp³-hybridized carbons (Fsp3) is 0.267. The van der Waals surface area contributed by atoms with Crippen molar-refractivity contribution in [3.8, 4) is 0 Å². The average molecular weight is 295 g/mol. The van der Waals surface area contributed by atoms with E-state index >= 15 is 0 Å². The Balaban J connectivity index is 2.46. The molecule has 0 spiro atoms. The van der Waals surface area contributed by atoms with E-state index < -0.39 is 0 Å². The predicted molar refractivity (Wildman–Crippen MR) is 81.1 cm³/mol. The molecule has 1 unspecified atom stereocenters. The van der Waals surface area contributed by atoms with Crippen LogP contribution in [0.5, 0.6) is 0 Å². The second-order valence-corrected chi connectivity index (χ2v) is 5.43. The zero-order valence-corrected chi connectivity index (χ0v) is 12.7. The molecule has 1 aromatic carbocycles. The maximum absolute atomic E-state index is 6.24. The van der Waals surface area contributed by atoms with Gasteiger partial charge in [0, 0.05) is 6.20 Å². The molecule has 0 radical (unpaired) electrons. The number of hydrogen-bond donors (Lipinski definition) is 1. The van der Waals surface area contributed by atoms with Crippen molar-refractivity contribution in [2.45, 2.75) is 19.9 Å². The first kappa shape index (κ1) is 14.3. The van der Waals surface area contributed by atoms with E-state index in [2.05, 4.69) is 42.3 Å². The minimum Gasteiger partial charge on any atom is -0.308 e. The second kappa shape index (κ2) is 5.91. The van der Waals surface area contributed by atoms with Crippen molar-refractivity contribution in [1.82, 2.24) is 10.3 Å². The fourth-order valence-corrected chi connectivity index (χ4v) is 2.53. The number of hydrogen-bond acceptors (Lipinski definition) is 2. The Hall–Kier alpha value is -1.09. The van der Waals surface area contributed by atoms with Crippen LogP contribution in [-0.4, -0.2) is 12.0 Å². The predicted octanol–water partition coefficient (Wildman–Crippen LogP) is 4.31. The Morgan fingerprint density at radius 1 is 1.11 bits per heavy atom. The lowest BCUT2D eigenvalue weighted by Gasteiger charge is -2.18. The van der Waals surface area contributed by atoms with Crippen LogP contribution in [-0.2, 0) is 0 Å². The van der Waals surface area contributed by atoms with E-state index in [1.807, 2.05) is 7.05 Å². The summed E-state index contributed by atoms with van der Waals surface area (Å²) in [6.45, 7) is 4.20. The molecule has 0 bridgehead atoms. The molecule has 19 heavy (non-hydrogen) atoms. The highest BCUT2D eigenvalue weighted by Crippen LogP contribution is 2.29. The maximum Gasteiger partial charge on any atom is 0.0805 e. The third kappa shape index (κ3) is 3.08. The molecule has 2 aromatic rings. The topological polar surface area (TPSA) is 24.9 Å². The van der Waals surface area contributed by atoms with Crippen molar-refractivity contribution >= 4 is 23.2 Å². The number of halogens is 2. The zero-order valence-electron chi connectivity index (χ0n) is 11.2. The molecule has 1 heterocycles. The van der Waals surface area contributed by atoms with Crippen molar-refractivity contribution in [2.75, 3.05) is 7.05 Å². The summed E-state index contributed by atoms with van der Waals surface area (Å²) in [7, 11) is 1.90. The molecule has 4 heteroatoms. The van der Waals surface area contributed by atoms with E-state index in [0.29, 0.717) is 10.0 Å². The monoisotopic (exact) mass is 294 g/mol. The van der Waals surface area contributed by atoms with Crippen molar-refractivity contribution in [3.63, 3.8) is 0 Å². The first-order valence-electron chi connectivity index (χ1n) is 6.08. The standard InChI is InChI=1S/C15H16Cl2N2/c1-9-4-5-11(6-10(9)2)14(18-3)15-13(17)7-12(16)8-19-15/h4-8,14,18H,1-3H3. The summed E-state index contributed by atoms with van der Waals surface area (Å²) in [4.78, 5) is 4.35. The molecule has 1 N–H and O–H groups in total. The van der Waals surface area contributed by atoms with Crippen molar-refractivity contribution in [3.05, 3.63) is 62.9 Å². The second-order valence-electron chi connectivity index (χ2n) is 4.59. The number of nitrogens with one attached hydrogen (secondary N) is 1. The van der Waals surface area contributed by atoms with Crippen LogP contribution < -0.4 is 5.32 Å². The molecule has 100 valence electrons. The van der Waals surface area contributed by atoms with E-state index in [9.17, 15) is 0 Å². The van der Waals surface area contributed by atoms with Gasteiger partial charge in [-0.3, -0.25) is 4.98 Å². The van der Waals surface area contributed by atoms with Crippen LogP contribution in [0.4, 0.5) is 0 Å². The van der Waals surface area contributed by atoms with Gasteiger partial charge in [0.15, 0.2) is 0 Å². The molecule has 0 fully saturated rings. The van der Waals surface area contributed by atoms with Gasteiger partial charge in [-0.1, -0.05) is 41.4 Å². The molecule has 0 amide bonds. The van der Waals surface area contributed by atoms with Crippen LogP contribution in [0.3, 0.4) is 0 Å². The van der Waals surface area contributed by atoms with Gasteiger partial charge in [-0.2, -0.15) is 0 Å². The van der Waals surface area contributed by atoms with Gasteiger partial charge >= 0.3 is 0 Å². The first-order chi connectivity index (χ1) is 9.02. The van der Waals surface area contributed by atoms with Crippen LogP contribution in [0.1, 0.15) is 28.4 Å². The van der Waals surface area contributed by atoms with Gasteiger partial charge in [-0.15, -0.1) is 0 Å². The summed E-state index contributed by atoms with van der Waals surface area (Å²) >= 11 is 12.1. The number of aryl methyl sites for hydroxylation is 2. The smallest absolute Gasteiger partial charge is 0.0805 e. The van der Waals surface area contributed by atoms with Crippen LogP contribution in [0.2, 0.25) is 10.0 Å². The third-order valence-corrected chi connectivity index (χ3v) is 3.77. The Kier molecular flexibility index (Phi) is 4.46. The number of rotatable bonds is 3. The summed E-state index contributed by atoms with van der Waals surface area (Å²) in [5, 5.41) is 4.37. The van der Waals surface area contributed by atoms with Gasteiger partial charge in [0.1, 0.15) is 0 Å². The Labute approximate surface area is 123 Å². The molecule has 0 saturated heterocycles. The molecule has 2 nitrogen and oxygen atoms in total. The largest absolute Gasteiger partial charge is 0.308 e. The van der Waals surface area contributed by atoms with E-state index in [0.717, 1.165) is 11.3 Å². The van der Waals surface area contributed by atoms with Crippen molar-refractivity contribution in [1.29, 1.82) is 0 Å². The lowest BCUT2D eigenvalue weighted by atomic mass is 9.98. The van der Waals surface area contributed by atoms with E-state index in [1.165, 1.54) is 11.1 Å². The quantitative estimate of drug-likeness (QED) is 0.912. The van der Waals surface area contributed by atoms with E-state index in [-0.39, 0.29) is 6.04 Å². The SMILES string of the molecule is CNC(c1ccc(C)c(C)c1)c1ncc(Cl)cc1Cl. The van der Waals surface area contributed by atoms with Crippen molar-refractivity contribution in [2.24, 2.45) is 0 Å². The molecule has 0 aliphatic carbocycles. The lowest BCUT2D eigenvalue weighted by molar-refractivity contribution is 0.670. The van der Waals surface area contributed by atoms with E-state index in [1.54, 1.807) is 12.3 Å². The van der Waals surface area contributed by atoms with Gasteiger partial charge < -0.3 is 5.32 Å². The van der Waals surface area contributed by atoms with Crippen LogP contribution >= 0.6 is 23.2 Å². The lowest BCUT2D eigenvalue weighted by Crippen LogP contribution is -2.19. The van der Waals surface area contributed by atoms with Gasteiger partial charge in [0.05, 0.1) is 21.8 Å². The maximum atomic E-state index is 6.24. The fourth-order valence-electron chi connectivity index (χ4n) is 2.04. The number of pyridine rings is 1. The third-order valence-electron chi connectivity index (χ3n) is 3.26. The number of aromatic nitrogens is 1. The minimum atomic E-state index is -0.0379. The Morgan fingerprint density at radius 3 is 2.42 bits per heavy atom. The molecule has 2 rings (SSSR count). The summed E-state index contributed by atoms with van der Waals surface area (Å²) in [6.07, 6.45) is 1.62. The summed E-state index contributed by atoms with van der Waals surface area (Å²) in [5.41, 5.74) is 4.45. The zero-order chi connectivity index (χ0) is 14.0. The van der Waals surface area contributed by atoms with E-state index in [4.69, 9.17) is 23.2 Å². The molecule has 0 aliphatic heterocycles. The van der Waals surface area contributed by atoms with Crippen molar-refractivity contribution < 1.29 is 0 Å². The van der Waals surface area contributed by atoms with Gasteiger partial charge in [0.2, 0.25) is 0 Å². The van der Waals surface area contributed by atoms with Gasteiger partial charge in [-0.05, 0) is 43.7 Å². The molecule has 1 aromatic heterocycles. The molecule has 0 saturated carbocycles. The molecular weight excluding hydrogens is 279 g/mol. The number of benzene rings is 1. The van der Waals surface area contributed by atoms with Crippen LogP contribution in [0.15, 0.2) is 30.5 Å². The Bertz CT molecular complexity index is 597. The average Bonchev–Trinajstić information content (AvgIpc) is 2.37. The Morgan fingerprint density at radius 2 is 1.84 bits per heavy atom. The first-order valence-corrected chi connectivity index (χ1v) is 6.84. The summed E-state index contributed by atoms with van der Waals surface area (Å²) in [6, 6.07) is 8.04. The molecular formula is C15H16Cl2N2. The van der Waals surface area contributed by atoms with Crippen LogP contribution in [0.25, 0.3) is 0 Å². The molecule has 1 atom stereocenters. The van der Waals surface area contributed by atoms with Crippen LogP contribution in [0, 0.1) is 13.8 Å². The highest BCUT2D eigenvalue weighted by Gasteiger charge is 2.17. The normalized spacial score (nSPS) is 12.5. The number of nitrogens with zero attached hydrogens (tertiary/aromatic N) is 1. The highest BCUT2D eigenvalue weighted by molar-refractivity contribution is 6.34. The van der Waals surface area contributed by atoms with Gasteiger partial charge in [-0.25, -0.2) is 0 Å². The van der Waals surface area contributed by atoms with Gasteiger partial charge in [0.25, 0.3) is 0 Å². The summed E-state index contributed by atoms with van der Waals surface area (Å²) in [5.74, 6) is 0. The molecule has 0 aliphatic rings. The summed E-state index contributed by atoms with van der Waals surface area (Å²) < 4.78 is 0. The highest BCUT2D eigenvalue weighted by atomic mass is 35.5.